The molecule has 1 heterocycles. The molecule has 1 aliphatic heterocycles. The number of amides is 2. The maximum atomic E-state index is 11.5. The lowest BCUT2D eigenvalue weighted by atomic mass is 10.0. The Morgan fingerprint density at radius 3 is 2.83 bits per heavy atom. The number of nitrogens with zero attached hydrogens (tertiary/aromatic N) is 1. The number of nitrogens with two attached hydrogens (primary N) is 1. The van der Waals surface area contributed by atoms with Gasteiger partial charge in [-0.25, -0.2) is 0 Å². The monoisotopic (exact) mass is 265 g/mol. The van der Waals surface area contributed by atoms with Gasteiger partial charge in [0.1, 0.15) is 6.04 Å². The Labute approximate surface area is 110 Å². The van der Waals surface area contributed by atoms with Crippen molar-refractivity contribution >= 4 is 29.3 Å². The molecule has 0 spiro atoms. The summed E-state index contributed by atoms with van der Waals surface area (Å²) in [7, 11) is 3.59. The summed E-state index contributed by atoms with van der Waals surface area (Å²) in [6.07, 6.45) is 0. The highest BCUT2D eigenvalue weighted by atomic mass is 32.2. The summed E-state index contributed by atoms with van der Waals surface area (Å²) in [5, 5.41) is 2.80. The minimum Gasteiger partial charge on any atom is -0.368 e. The predicted octanol–water partition coefficient (Wildman–Crippen LogP) is 0.819. The van der Waals surface area contributed by atoms with Crippen molar-refractivity contribution in [3.8, 4) is 0 Å². The highest BCUT2D eigenvalue weighted by molar-refractivity contribution is 8.00. The van der Waals surface area contributed by atoms with Crippen LogP contribution in [-0.2, 0) is 9.59 Å². The fraction of sp³-hybridized carbons (Fsp3) is 0.333. The number of benzene rings is 1. The Morgan fingerprint density at radius 1 is 1.50 bits per heavy atom. The first-order valence-corrected chi connectivity index (χ1v) is 6.50. The summed E-state index contributed by atoms with van der Waals surface area (Å²) in [6, 6.07) is 5.11. The van der Waals surface area contributed by atoms with Gasteiger partial charge >= 0.3 is 0 Å². The first kappa shape index (κ1) is 12.9. The Bertz CT molecular complexity index is 502. The van der Waals surface area contributed by atoms with Crippen LogP contribution in [0, 0.1) is 0 Å². The molecule has 0 saturated carbocycles. The fourth-order valence-electron chi connectivity index (χ4n) is 1.99. The lowest BCUT2D eigenvalue weighted by Gasteiger charge is -2.24. The van der Waals surface area contributed by atoms with E-state index in [-0.39, 0.29) is 5.91 Å². The SMILES string of the molecule is CN(C)C(C(N)=O)c1ccc2c(c1)NC(=O)CS2. The van der Waals surface area contributed by atoms with Gasteiger partial charge in [0.2, 0.25) is 11.8 Å². The van der Waals surface area contributed by atoms with Gasteiger partial charge in [-0.3, -0.25) is 14.5 Å². The number of primary amides is 1. The van der Waals surface area contributed by atoms with E-state index in [0.29, 0.717) is 5.75 Å². The lowest BCUT2D eigenvalue weighted by molar-refractivity contribution is -0.122. The molecule has 3 N–H and O–H groups in total. The number of likely N-dealkylation sites (N-methyl/N-ethyl adjacent to an activating group) is 1. The van der Waals surface area contributed by atoms with E-state index < -0.39 is 11.9 Å². The molecular weight excluding hydrogens is 250 g/mol. The topological polar surface area (TPSA) is 75.4 Å². The smallest absolute Gasteiger partial charge is 0.239 e. The van der Waals surface area contributed by atoms with Gasteiger partial charge in [-0.1, -0.05) is 6.07 Å². The molecule has 0 radical (unpaired) electrons. The summed E-state index contributed by atoms with van der Waals surface area (Å²) >= 11 is 1.49. The Hall–Kier alpha value is -1.53. The van der Waals surface area contributed by atoms with Crippen LogP contribution in [0.15, 0.2) is 23.1 Å². The minimum absolute atomic E-state index is 0.0230. The number of thioether (sulfide) groups is 1. The van der Waals surface area contributed by atoms with Crippen molar-refractivity contribution in [3.63, 3.8) is 0 Å². The molecule has 6 heteroatoms. The average Bonchev–Trinajstić information content (AvgIpc) is 2.27. The van der Waals surface area contributed by atoms with Gasteiger partial charge < -0.3 is 11.1 Å². The van der Waals surface area contributed by atoms with E-state index in [4.69, 9.17) is 5.73 Å². The molecule has 96 valence electrons. The zero-order chi connectivity index (χ0) is 13.3. The number of carbonyl (C=O) groups excluding carboxylic acids is 2. The van der Waals surface area contributed by atoms with Crippen LogP contribution in [0.25, 0.3) is 0 Å². The highest BCUT2D eigenvalue weighted by Crippen LogP contribution is 2.34. The molecule has 5 nitrogen and oxygen atoms in total. The normalized spacial score (nSPS) is 16.1. The second-order valence-electron chi connectivity index (χ2n) is 4.36. The van der Waals surface area contributed by atoms with Crippen molar-refractivity contribution in [3.05, 3.63) is 23.8 Å². The summed E-state index contributed by atoms with van der Waals surface area (Å²) < 4.78 is 0. The van der Waals surface area contributed by atoms with Crippen LogP contribution in [-0.4, -0.2) is 36.6 Å². The van der Waals surface area contributed by atoms with Crippen molar-refractivity contribution in [1.29, 1.82) is 0 Å². The number of rotatable bonds is 3. The molecule has 1 aromatic carbocycles. The summed E-state index contributed by atoms with van der Waals surface area (Å²) in [5.74, 6) is -0.000842. The van der Waals surface area contributed by atoms with Crippen LogP contribution in [0.4, 0.5) is 5.69 Å². The molecule has 1 atom stereocenters. The molecular formula is C12H15N3O2S. The van der Waals surface area contributed by atoms with E-state index in [2.05, 4.69) is 5.32 Å². The van der Waals surface area contributed by atoms with E-state index >= 15 is 0 Å². The maximum Gasteiger partial charge on any atom is 0.239 e. The first-order chi connectivity index (χ1) is 8.49. The third kappa shape index (κ3) is 2.49. The van der Waals surface area contributed by atoms with Gasteiger partial charge in [0, 0.05) is 4.90 Å². The Morgan fingerprint density at radius 2 is 2.22 bits per heavy atom. The predicted molar refractivity (Wildman–Crippen MR) is 71.4 cm³/mol. The minimum atomic E-state index is -0.487. The van der Waals surface area contributed by atoms with E-state index in [1.54, 1.807) is 19.0 Å². The second-order valence-corrected chi connectivity index (χ2v) is 5.38. The standard InChI is InChI=1S/C12H15N3O2S/c1-15(2)11(12(13)17)7-3-4-9-8(5-7)14-10(16)6-18-9/h3-5,11H,6H2,1-2H3,(H2,13,17)(H,14,16). The zero-order valence-electron chi connectivity index (χ0n) is 10.3. The van der Waals surface area contributed by atoms with E-state index in [0.717, 1.165) is 16.1 Å². The molecule has 0 aromatic heterocycles. The number of fused-ring (bicyclic) bond motifs is 1. The second kappa shape index (κ2) is 4.99. The Kier molecular flexibility index (Phi) is 3.58. The summed E-state index contributed by atoms with van der Waals surface area (Å²) in [5.41, 5.74) is 6.94. The molecule has 1 aliphatic rings. The van der Waals surface area contributed by atoms with Crippen LogP contribution in [0.1, 0.15) is 11.6 Å². The van der Waals surface area contributed by atoms with Gasteiger partial charge in [-0.05, 0) is 31.8 Å². The van der Waals surface area contributed by atoms with Crippen LogP contribution >= 0.6 is 11.8 Å². The van der Waals surface area contributed by atoms with Crippen molar-refractivity contribution in [2.75, 3.05) is 25.2 Å². The number of carbonyl (C=O) groups is 2. The third-order valence-electron chi connectivity index (χ3n) is 2.74. The number of hydrogen-bond donors (Lipinski definition) is 2. The molecule has 0 fully saturated rings. The van der Waals surface area contributed by atoms with Crippen molar-refractivity contribution < 1.29 is 9.59 Å². The van der Waals surface area contributed by atoms with Gasteiger partial charge in [-0.15, -0.1) is 11.8 Å². The van der Waals surface area contributed by atoms with Gasteiger partial charge in [0.05, 0.1) is 11.4 Å². The Balaban J connectivity index is 2.38. The quantitative estimate of drug-likeness (QED) is 0.848. The van der Waals surface area contributed by atoms with Crippen LogP contribution in [0.5, 0.6) is 0 Å². The van der Waals surface area contributed by atoms with Crippen LogP contribution < -0.4 is 11.1 Å². The van der Waals surface area contributed by atoms with Crippen molar-refractivity contribution in [2.24, 2.45) is 5.73 Å². The fourth-order valence-corrected chi connectivity index (χ4v) is 2.78. The number of hydrogen-bond acceptors (Lipinski definition) is 4. The molecule has 0 bridgehead atoms. The highest BCUT2D eigenvalue weighted by Gasteiger charge is 2.23. The summed E-state index contributed by atoms with van der Waals surface area (Å²) in [6.45, 7) is 0. The molecule has 2 rings (SSSR count). The third-order valence-corrected chi connectivity index (χ3v) is 3.81. The molecule has 2 amide bonds. The van der Waals surface area contributed by atoms with Crippen LogP contribution in [0.2, 0.25) is 0 Å². The largest absolute Gasteiger partial charge is 0.368 e. The number of nitrogens with one attached hydrogen (secondary N) is 1. The van der Waals surface area contributed by atoms with E-state index in [1.807, 2.05) is 18.2 Å². The van der Waals surface area contributed by atoms with E-state index in [9.17, 15) is 9.59 Å². The molecule has 1 unspecified atom stereocenters. The van der Waals surface area contributed by atoms with Crippen LogP contribution in [0.3, 0.4) is 0 Å². The molecule has 1 aromatic rings. The van der Waals surface area contributed by atoms with Crippen molar-refractivity contribution in [2.45, 2.75) is 10.9 Å². The van der Waals surface area contributed by atoms with Gasteiger partial charge in [0.25, 0.3) is 0 Å². The zero-order valence-corrected chi connectivity index (χ0v) is 11.1. The molecule has 0 aliphatic carbocycles. The van der Waals surface area contributed by atoms with E-state index in [1.165, 1.54) is 11.8 Å². The average molecular weight is 265 g/mol. The first-order valence-electron chi connectivity index (χ1n) is 5.51. The van der Waals surface area contributed by atoms with Gasteiger partial charge in [0.15, 0.2) is 0 Å². The lowest BCUT2D eigenvalue weighted by Crippen LogP contribution is -2.33. The van der Waals surface area contributed by atoms with Gasteiger partial charge in [-0.2, -0.15) is 0 Å². The molecule has 0 saturated heterocycles. The number of anilines is 1. The maximum absolute atomic E-state index is 11.5. The summed E-state index contributed by atoms with van der Waals surface area (Å²) in [4.78, 5) is 25.6. The van der Waals surface area contributed by atoms with Crippen molar-refractivity contribution in [1.82, 2.24) is 4.90 Å². The molecule has 18 heavy (non-hydrogen) atoms.